The van der Waals surface area contributed by atoms with Crippen molar-refractivity contribution in [3.8, 4) is 0 Å². The van der Waals surface area contributed by atoms with Crippen LogP contribution in [0.1, 0.15) is 32.6 Å². The first kappa shape index (κ1) is 13.7. The summed E-state index contributed by atoms with van der Waals surface area (Å²) in [5.74, 6) is 0.122. The number of rotatable bonds is 3. The first-order chi connectivity index (χ1) is 10.1. The molecular weight excluding hydrogens is 268 g/mol. The quantitative estimate of drug-likeness (QED) is 0.901. The highest BCUT2D eigenvalue weighted by Gasteiger charge is 2.42. The van der Waals surface area contributed by atoms with E-state index in [4.69, 9.17) is 0 Å². The molecule has 2 aromatic rings. The van der Waals surface area contributed by atoms with Gasteiger partial charge in [0.05, 0.1) is 0 Å². The normalized spacial score (nSPS) is 25.7. The van der Waals surface area contributed by atoms with Gasteiger partial charge in [-0.1, -0.05) is 19.8 Å². The predicted molar refractivity (Wildman–Crippen MR) is 79.0 cm³/mol. The molecule has 0 spiro atoms. The van der Waals surface area contributed by atoms with Crippen molar-refractivity contribution in [2.24, 2.45) is 5.92 Å². The minimum absolute atomic E-state index is 0.391. The molecule has 1 aliphatic carbocycles. The zero-order chi connectivity index (χ0) is 14.9. The number of carboxylic acid groups (broad SMARTS) is 1. The molecular formula is C15H18N4O2. The number of aliphatic carboxylic acids is 1. The lowest BCUT2D eigenvalue weighted by atomic mass is 9.76. The minimum Gasteiger partial charge on any atom is -0.480 e. The summed E-state index contributed by atoms with van der Waals surface area (Å²) in [6, 6.07) is 3.57. The Hall–Kier alpha value is -2.24. The van der Waals surface area contributed by atoms with Crippen LogP contribution in [-0.2, 0) is 4.79 Å². The van der Waals surface area contributed by atoms with E-state index in [1.54, 1.807) is 24.5 Å². The molecule has 0 aliphatic heterocycles. The summed E-state index contributed by atoms with van der Waals surface area (Å²) < 4.78 is 0. The van der Waals surface area contributed by atoms with Crippen LogP contribution in [0.25, 0.3) is 11.2 Å². The van der Waals surface area contributed by atoms with E-state index in [1.165, 1.54) is 0 Å². The number of carbonyl (C=O) groups is 1. The molecule has 0 amide bonds. The number of carboxylic acids is 1. The molecule has 3 rings (SSSR count). The number of pyridine rings is 1. The van der Waals surface area contributed by atoms with Crippen LogP contribution in [0.3, 0.4) is 0 Å². The smallest absolute Gasteiger partial charge is 0.329 e. The van der Waals surface area contributed by atoms with E-state index in [0.29, 0.717) is 35.7 Å². The van der Waals surface area contributed by atoms with Crippen molar-refractivity contribution in [3.05, 3.63) is 24.5 Å². The molecule has 2 unspecified atom stereocenters. The van der Waals surface area contributed by atoms with Gasteiger partial charge < -0.3 is 10.4 Å². The first-order valence-corrected chi connectivity index (χ1v) is 7.18. The molecule has 1 saturated carbocycles. The molecule has 2 heterocycles. The summed E-state index contributed by atoms with van der Waals surface area (Å²) in [7, 11) is 0. The van der Waals surface area contributed by atoms with Gasteiger partial charge in [-0.05, 0) is 30.9 Å². The molecule has 2 N–H and O–H groups in total. The van der Waals surface area contributed by atoms with Crippen LogP contribution in [0.5, 0.6) is 0 Å². The van der Waals surface area contributed by atoms with Crippen LogP contribution < -0.4 is 5.32 Å². The number of nitrogens with one attached hydrogen (secondary N) is 1. The highest BCUT2D eigenvalue weighted by atomic mass is 16.4. The fraction of sp³-hybridized carbons (Fsp3) is 0.467. The van der Waals surface area contributed by atoms with Crippen LogP contribution in [0.2, 0.25) is 0 Å². The van der Waals surface area contributed by atoms with Gasteiger partial charge in [0, 0.05) is 12.4 Å². The Bertz CT molecular complexity index is 676. The van der Waals surface area contributed by atoms with Gasteiger partial charge in [-0.3, -0.25) is 4.98 Å². The number of hydrogen-bond donors (Lipinski definition) is 2. The van der Waals surface area contributed by atoms with Gasteiger partial charge >= 0.3 is 5.97 Å². The number of fused-ring (bicyclic) bond motifs is 1. The van der Waals surface area contributed by atoms with Gasteiger partial charge in [-0.15, -0.1) is 0 Å². The Kier molecular flexibility index (Phi) is 3.45. The van der Waals surface area contributed by atoms with Crippen molar-refractivity contribution in [1.82, 2.24) is 15.0 Å². The van der Waals surface area contributed by atoms with E-state index >= 15 is 0 Å². The predicted octanol–water partition coefficient (Wildman–Crippen LogP) is 2.47. The summed E-state index contributed by atoms with van der Waals surface area (Å²) in [6.07, 6.45) is 6.41. The van der Waals surface area contributed by atoms with E-state index in [9.17, 15) is 9.90 Å². The largest absolute Gasteiger partial charge is 0.480 e. The van der Waals surface area contributed by atoms with E-state index in [0.717, 1.165) is 12.8 Å². The van der Waals surface area contributed by atoms with Gasteiger partial charge in [0.1, 0.15) is 16.9 Å². The molecule has 0 radical (unpaired) electrons. The van der Waals surface area contributed by atoms with Crippen LogP contribution in [0, 0.1) is 5.92 Å². The van der Waals surface area contributed by atoms with Gasteiger partial charge in [0.15, 0.2) is 5.65 Å². The molecule has 2 aromatic heterocycles. The average Bonchev–Trinajstić information content (AvgIpc) is 2.47. The third kappa shape index (κ3) is 2.66. The van der Waals surface area contributed by atoms with Crippen LogP contribution in [-0.4, -0.2) is 31.6 Å². The van der Waals surface area contributed by atoms with Gasteiger partial charge in [0.2, 0.25) is 0 Å². The first-order valence-electron chi connectivity index (χ1n) is 7.18. The Morgan fingerprint density at radius 3 is 2.95 bits per heavy atom. The number of anilines is 1. The molecule has 0 saturated heterocycles. The molecule has 1 aliphatic rings. The van der Waals surface area contributed by atoms with E-state index in [1.807, 2.05) is 0 Å². The van der Waals surface area contributed by atoms with Crippen molar-refractivity contribution in [3.63, 3.8) is 0 Å². The summed E-state index contributed by atoms with van der Waals surface area (Å²) >= 11 is 0. The lowest BCUT2D eigenvalue weighted by Gasteiger charge is -2.37. The lowest BCUT2D eigenvalue weighted by Crippen LogP contribution is -2.49. The van der Waals surface area contributed by atoms with E-state index in [2.05, 4.69) is 27.2 Å². The fourth-order valence-electron chi connectivity index (χ4n) is 3.08. The van der Waals surface area contributed by atoms with E-state index < -0.39 is 11.5 Å². The molecule has 6 nitrogen and oxygen atoms in total. The van der Waals surface area contributed by atoms with Gasteiger partial charge in [0.25, 0.3) is 0 Å². The summed E-state index contributed by atoms with van der Waals surface area (Å²) in [5, 5.41) is 12.8. The van der Waals surface area contributed by atoms with E-state index in [-0.39, 0.29) is 0 Å². The monoisotopic (exact) mass is 286 g/mol. The molecule has 6 heteroatoms. The Balaban J connectivity index is 1.92. The maximum atomic E-state index is 11.8. The Labute approximate surface area is 122 Å². The lowest BCUT2D eigenvalue weighted by molar-refractivity contribution is -0.144. The summed E-state index contributed by atoms with van der Waals surface area (Å²) in [6.45, 7) is 2.10. The maximum absolute atomic E-state index is 11.8. The summed E-state index contributed by atoms with van der Waals surface area (Å²) in [5.41, 5.74) is 0.289. The second-order valence-electron chi connectivity index (χ2n) is 5.81. The molecule has 1 fully saturated rings. The van der Waals surface area contributed by atoms with Crippen molar-refractivity contribution < 1.29 is 9.90 Å². The molecule has 0 aromatic carbocycles. The molecule has 0 bridgehead atoms. The minimum atomic E-state index is -0.930. The second kappa shape index (κ2) is 5.27. The average molecular weight is 286 g/mol. The van der Waals surface area contributed by atoms with Crippen LogP contribution >= 0.6 is 0 Å². The number of nitrogens with zero attached hydrogens (tertiary/aromatic N) is 3. The molecule has 21 heavy (non-hydrogen) atoms. The van der Waals surface area contributed by atoms with Crippen molar-refractivity contribution in [1.29, 1.82) is 0 Å². The van der Waals surface area contributed by atoms with Crippen molar-refractivity contribution >= 4 is 23.0 Å². The maximum Gasteiger partial charge on any atom is 0.329 e. The third-order valence-corrected chi connectivity index (χ3v) is 4.11. The standard InChI is InChI=1S/C15H18N4O2/c1-10-3-2-6-15(9-10,14(20)21)19-12-5-4-11-13(18-12)17-8-7-16-11/h4-5,7-8,10H,2-3,6,9H2,1H3,(H,20,21)(H,17,18,19). The Morgan fingerprint density at radius 1 is 1.38 bits per heavy atom. The highest BCUT2D eigenvalue weighted by molar-refractivity contribution is 5.83. The topological polar surface area (TPSA) is 88.0 Å². The van der Waals surface area contributed by atoms with Crippen LogP contribution in [0.15, 0.2) is 24.5 Å². The zero-order valence-electron chi connectivity index (χ0n) is 11.9. The number of hydrogen-bond acceptors (Lipinski definition) is 5. The van der Waals surface area contributed by atoms with Crippen molar-refractivity contribution in [2.45, 2.75) is 38.1 Å². The molecule has 2 atom stereocenters. The fourth-order valence-corrected chi connectivity index (χ4v) is 3.08. The van der Waals surface area contributed by atoms with Crippen LogP contribution in [0.4, 0.5) is 5.82 Å². The van der Waals surface area contributed by atoms with Gasteiger partial charge in [-0.2, -0.15) is 0 Å². The second-order valence-corrected chi connectivity index (χ2v) is 5.81. The SMILES string of the molecule is CC1CCCC(Nc2ccc3nccnc3n2)(C(=O)O)C1. The van der Waals surface area contributed by atoms with Gasteiger partial charge in [-0.25, -0.2) is 14.8 Å². The number of aromatic nitrogens is 3. The highest BCUT2D eigenvalue weighted by Crippen LogP contribution is 2.35. The Morgan fingerprint density at radius 2 is 2.19 bits per heavy atom. The molecule has 110 valence electrons. The summed E-state index contributed by atoms with van der Waals surface area (Å²) in [4.78, 5) is 24.5. The third-order valence-electron chi connectivity index (χ3n) is 4.11. The van der Waals surface area contributed by atoms with Crippen molar-refractivity contribution in [2.75, 3.05) is 5.32 Å². The zero-order valence-corrected chi connectivity index (χ0v) is 11.9.